The summed E-state index contributed by atoms with van der Waals surface area (Å²) in [6, 6.07) is 19.4. The minimum atomic E-state index is 0.118. The first-order valence-electron chi connectivity index (χ1n) is 8.06. The van der Waals surface area contributed by atoms with Crippen LogP contribution in [0.1, 0.15) is 30.0 Å². The molecule has 0 radical (unpaired) electrons. The second-order valence-electron chi connectivity index (χ2n) is 5.87. The molecule has 0 aliphatic carbocycles. The van der Waals surface area contributed by atoms with E-state index >= 15 is 0 Å². The van der Waals surface area contributed by atoms with Gasteiger partial charge in [0.15, 0.2) is 5.96 Å². The van der Waals surface area contributed by atoms with E-state index in [1.807, 2.05) is 0 Å². The van der Waals surface area contributed by atoms with Crippen molar-refractivity contribution in [3.8, 4) is 0 Å². The second-order valence-corrected chi connectivity index (χ2v) is 7.12. The van der Waals surface area contributed by atoms with Crippen LogP contribution in [0.4, 0.5) is 0 Å². The van der Waals surface area contributed by atoms with Crippen molar-refractivity contribution in [2.75, 3.05) is 20.1 Å². The summed E-state index contributed by atoms with van der Waals surface area (Å²) < 4.78 is 1.25. The first-order valence-corrected chi connectivity index (χ1v) is 9.14. The van der Waals surface area contributed by atoms with Crippen molar-refractivity contribution in [2.24, 2.45) is 4.99 Å². The standard InChI is InChI=1S/C19H22IN3/c1-23-14-6-5-13-21-19(23)22-18(15-7-3-2-4-8-15)16-9-11-17(20)12-10-16/h2-4,7-12,18H,5-6,13-14H2,1H3,(H,21,22). The molecule has 4 heteroatoms. The molecular weight excluding hydrogens is 397 g/mol. The predicted octanol–water partition coefficient (Wildman–Crippen LogP) is 4.05. The molecule has 3 rings (SSSR count). The van der Waals surface area contributed by atoms with Crippen LogP contribution in [0.5, 0.6) is 0 Å². The largest absolute Gasteiger partial charge is 0.346 e. The fourth-order valence-electron chi connectivity index (χ4n) is 2.82. The van der Waals surface area contributed by atoms with Crippen LogP contribution in [-0.2, 0) is 0 Å². The summed E-state index contributed by atoms with van der Waals surface area (Å²) in [5.41, 5.74) is 2.52. The van der Waals surface area contributed by atoms with Gasteiger partial charge in [0, 0.05) is 23.7 Å². The van der Waals surface area contributed by atoms with Gasteiger partial charge >= 0.3 is 0 Å². The molecule has 1 N–H and O–H groups in total. The molecule has 0 saturated carbocycles. The molecule has 0 spiro atoms. The van der Waals surface area contributed by atoms with E-state index in [4.69, 9.17) is 4.99 Å². The van der Waals surface area contributed by atoms with E-state index in [9.17, 15) is 0 Å². The Labute approximate surface area is 152 Å². The zero-order chi connectivity index (χ0) is 16.1. The highest BCUT2D eigenvalue weighted by Gasteiger charge is 2.18. The van der Waals surface area contributed by atoms with E-state index in [1.165, 1.54) is 21.1 Å². The van der Waals surface area contributed by atoms with Gasteiger partial charge in [-0.15, -0.1) is 0 Å². The Morgan fingerprint density at radius 2 is 1.70 bits per heavy atom. The molecule has 23 heavy (non-hydrogen) atoms. The normalized spacial score (nSPS) is 16.4. The van der Waals surface area contributed by atoms with E-state index in [2.05, 4.69) is 94.5 Å². The van der Waals surface area contributed by atoms with E-state index in [0.717, 1.165) is 25.5 Å². The minimum Gasteiger partial charge on any atom is -0.346 e. The molecule has 2 aromatic rings. The topological polar surface area (TPSA) is 27.6 Å². The molecular formula is C19H22IN3. The predicted molar refractivity (Wildman–Crippen MR) is 105 cm³/mol. The molecule has 1 atom stereocenters. The lowest BCUT2D eigenvalue weighted by atomic mass is 9.99. The number of halogens is 1. The number of nitrogens with one attached hydrogen (secondary N) is 1. The third-order valence-electron chi connectivity index (χ3n) is 4.13. The van der Waals surface area contributed by atoms with Crippen molar-refractivity contribution >= 4 is 28.6 Å². The fourth-order valence-corrected chi connectivity index (χ4v) is 3.18. The van der Waals surface area contributed by atoms with Gasteiger partial charge in [0.2, 0.25) is 0 Å². The highest BCUT2D eigenvalue weighted by atomic mass is 127. The lowest BCUT2D eigenvalue weighted by Crippen LogP contribution is -2.41. The van der Waals surface area contributed by atoms with Crippen LogP contribution in [0.25, 0.3) is 0 Å². The van der Waals surface area contributed by atoms with E-state index in [0.29, 0.717) is 0 Å². The summed E-state index contributed by atoms with van der Waals surface area (Å²) in [6.45, 7) is 1.96. The first kappa shape index (κ1) is 16.3. The summed E-state index contributed by atoms with van der Waals surface area (Å²) in [6.07, 6.45) is 2.36. The van der Waals surface area contributed by atoms with Gasteiger partial charge in [-0.2, -0.15) is 0 Å². The Bertz CT molecular complexity index is 652. The van der Waals surface area contributed by atoms with E-state index in [1.54, 1.807) is 0 Å². The minimum absolute atomic E-state index is 0.118. The summed E-state index contributed by atoms with van der Waals surface area (Å²) in [7, 11) is 2.12. The summed E-state index contributed by atoms with van der Waals surface area (Å²) >= 11 is 2.35. The Hall–Kier alpha value is -1.56. The summed E-state index contributed by atoms with van der Waals surface area (Å²) in [4.78, 5) is 6.97. The van der Waals surface area contributed by atoms with Crippen molar-refractivity contribution < 1.29 is 0 Å². The molecule has 1 heterocycles. The van der Waals surface area contributed by atoms with Crippen LogP contribution in [0.2, 0.25) is 0 Å². The maximum atomic E-state index is 4.74. The number of benzene rings is 2. The molecule has 0 bridgehead atoms. The van der Waals surface area contributed by atoms with Crippen LogP contribution in [0.15, 0.2) is 59.6 Å². The van der Waals surface area contributed by atoms with Gasteiger partial charge < -0.3 is 10.2 Å². The molecule has 0 aromatic heterocycles. The Balaban J connectivity index is 1.92. The van der Waals surface area contributed by atoms with Crippen molar-refractivity contribution in [2.45, 2.75) is 18.9 Å². The quantitative estimate of drug-likeness (QED) is 0.761. The number of nitrogens with zero attached hydrogens (tertiary/aromatic N) is 2. The van der Waals surface area contributed by atoms with Crippen molar-refractivity contribution in [1.82, 2.24) is 10.2 Å². The average Bonchev–Trinajstić information content (AvgIpc) is 2.79. The lowest BCUT2D eigenvalue weighted by molar-refractivity contribution is 0.472. The number of hydrogen-bond donors (Lipinski definition) is 1. The average molecular weight is 419 g/mol. The van der Waals surface area contributed by atoms with Gasteiger partial charge in [0.25, 0.3) is 0 Å². The molecule has 1 aliphatic heterocycles. The van der Waals surface area contributed by atoms with Gasteiger partial charge in [0.05, 0.1) is 6.04 Å². The van der Waals surface area contributed by atoms with Crippen LogP contribution >= 0.6 is 22.6 Å². The van der Waals surface area contributed by atoms with E-state index in [-0.39, 0.29) is 6.04 Å². The first-order chi connectivity index (χ1) is 11.2. The fraction of sp³-hybridized carbons (Fsp3) is 0.316. The van der Waals surface area contributed by atoms with Crippen molar-refractivity contribution in [1.29, 1.82) is 0 Å². The molecule has 1 aliphatic rings. The molecule has 0 fully saturated rings. The second kappa shape index (κ2) is 7.81. The molecule has 1 unspecified atom stereocenters. The van der Waals surface area contributed by atoms with Crippen molar-refractivity contribution in [3.05, 3.63) is 69.3 Å². The SMILES string of the molecule is CN1CCCCN=C1NC(c1ccccc1)c1ccc(I)cc1. The number of rotatable bonds is 3. The molecule has 0 amide bonds. The van der Waals surface area contributed by atoms with Gasteiger partial charge in [-0.1, -0.05) is 42.5 Å². The van der Waals surface area contributed by atoms with Crippen LogP contribution in [0.3, 0.4) is 0 Å². The third kappa shape index (κ3) is 4.25. The third-order valence-corrected chi connectivity index (χ3v) is 4.85. The number of hydrogen-bond acceptors (Lipinski definition) is 3. The van der Waals surface area contributed by atoms with Crippen LogP contribution in [0, 0.1) is 3.57 Å². The van der Waals surface area contributed by atoms with E-state index < -0.39 is 0 Å². The highest BCUT2D eigenvalue weighted by molar-refractivity contribution is 14.1. The van der Waals surface area contributed by atoms with Gasteiger partial charge in [0.1, 0.15) is 0 Å². The van der Waals surface area contributed by atoms with Gasteiger partial charge in [-0.3, -0.25) is 4.99 Å². The Kier molecular flexibility index (Phi) is 5.54. The summed E-state index contributed by atoms with van der Waals surface area (Å²) in [5.74, 6) is 0.995. The maximum Gasteiger partial charge on any atom is 0.194 e. The van der Waals surface area contributed by atoms with Crippen molar-refractivity contribution in [3.63, 3.8) is 0 Å². The number of guanidine groups is 1. The summed E-state index contributed by atoms with van der Waals surface area (Å²) in [5, 5.41) is 3.67. The van der Waals surface area contributed by atoms with Gasteiger partial charge in [-0.25, -0.2) is 0 Å². The smallest absolute Gasteiger partial charge is 0.194 e. The Morgan fingerprint density at radius 1 is 1.00 bits per heavy atom. The molecule has 120 valence electrons. The number of aliphatic imine (C=N–C) groups is 1. The maximum absolute atomic E-state index is 4.74. The molecule has 3 nitrogen and oxygen atoms in total. The molecule has 0 saturated heterocycles. The zero-order valence-corrected chi connectivity index (χ0v) is 15.5. The zero-order valence-electron chi connectivity index (χ0n) is 13.4. The van der Waals surface area contributed by atoms with Crippen LogP contribution in [-0.4, -0.2) is 31.0 Å². The molecule has 2 aromatic carbocycles. The van der Waals surface area contributed by atoms with Crippen LogP contribution < -0.4 is 5.32 Å². The monoisotopic (exact) mass is 419 g/mol. The lowest BCUT2D eigenvalue weighted by Gasteiger charge is -2.27. The Morgan fingerprint density at radius 3 is 2.43 bits per heavy atom. The highest BCUT2D eigenvalue weighted by Crippen LogP contribution is 2.23. The van der Waals surface area contributed by atoms with Gasteiger partial charge in [-0.05, 0) is 58.7 Å².